The minimum absolute atomic E-state index is 0.137. The van der Waals surface area contributed by atoms with E-state index in [4.69, 9.17) is 4.52 Å². The number of nitrogens with zero attached hydrogens (tertiary/aromatic N) is 4. The number of aromatic nitrogens is 4. The smallest absolute Gasteiger partial charge is 0.227 e. The van der Waals surface area contributed by atoms with E-state index < -0.39 is 0 Å². The van der Waals surface area contributed by atoms with Gasteiger partial charge in [-0.2, -0.15) is 4.98 Å². The minimum atomic E-state index is -0.163. The van der Waals surface area contributed by atoms with Gasteiger partial charge in [-0.1, -0.05) is 51.1 Å². The Balaban J connectivity index is 1.86. The third-order valence-corrected chi connectivity index (χ3v) is 4.02. The predicted molar refractivity (Wildman–Crippen MR) is 83.9 cm³/mol. The Bertz CT molecular complexity index is 642. The number of anilines is 1. The van der Waals surface area contributed by atoms with Crippen LogP contribution in [0.4, 0.5) is 5.13 Å². The highest BCUT2D eigenvalue weighted by molar-refractivity contribution is 7.15. The van der Waals surface area contributed by atoms with E-state index >= 15 is 0 Å². The number of nitrogens with one attached hydrogen (secondary N) is 1. The van der Waals surface area contributed by atoms with Crippen molar-refractivity contribution in [3.8, 4) is 0 Å². The summed E-state index contributed by atoms with van der Waals surface area (Å²) in [7, 11) is 0. The molecule has 2 rings (SSSR count). The maximum atomic E-state index is 11.9. The minimum Gasteiger partial charge on any atom is -0.339 e. The zero-order valence-electron chi connectivity index (χ0n) is 13.5. The SMILES string of the molecule is CC(C)c1nnc(NC(=O)CCc2nc(C(C)(C)C)no2)s1. The summed E-state index contributed by atoms with van der Waals surface area (Å²) in [6.07, 6.45) is 0.674. The highest BCUT2D eigenvalue weighted by Crippen LogP contribution is 2.22. The van der Waals surface area contributed by atoms with Gasteiger partial charge in [-0.25, -0.2) is 0 Å². The van der Waals surface area contributed by atoms with E-state index in [1.165, 1.54) is 11.3 Å². The lowest BCUT2D eigenvalue weighted by Crippen LogP contribution is -2.14. The maximum absolute atomic E-state index is 11.9. The van der Waals surface area contributed by atoms with Gasteiger partial charge >= 0.3 is 0 Å². The number of carbonyl (C=O) groups excluding carboxylic acids is 1. The molecule has 0 aliphatic carbocycles. The lowest BCUT2D eigenvalue weighted by Gasteiger charge is -2.10. The van der Waals surface area contributed by atoms with Crippen LogP contribution in [0.1, 0.15) is 63.7 Å². The predicted octanol–water partition coefficient (Wildman–Crippen LogP) is 2.91. The van der Waals surface area contributed by atoms with Crippen molar-refractivity contribution in [1.29, 1.82) is 0 Å². The van der Waals surface area contributed by atoms with E-state index in [9.17, 15) is 4.79 Å². The molecule has 1 amide bonds. The maximum Gasteiger partial charge on any atom is 0.227 e. The molecule has 8 heteroatoms. The van der Waals surface area contributed by atoms with Crippen molar-refractivity contribution in [2.45, 2.75) is 58.8 Å². The van der Waals surface area contributed by atoms with Crippen LogP contribution in [0.15, 0.2) is 4.52 Å². The lowest BCUT2D eigenvalue weighted by molar-refractivity contribution is -0.116. The molecule has 22 heavy (non-hydrogen) atoms. The molecule has 120 valence electrons. The Morgan fingerprint density at radius 1 is 1.32 bits per heavy atom. The molecule has 0 saturated heterocycles. The Kier molecular flexibility index (Phi) is 4.90. The van der Waals surface area contributed by atoms with Crippen LogP contribution in [-0.2, 0) is 16.6 Å². The van der Waals surface area contributed by atoms with Gasteiger partial charge in [0.1, 0.15) is 5.01 Å². The van der Waals surface area contributed by atoms with Gasteiger partial charge in [0.15, 0.2) is 5.82 Å². The van der Waals surface area contributed by atoms with Crippen molar-refractivity contribution in [3.05, 3.63) is 16.7 Å². The first-order valence-electron chi connectivity index (χ1n) is 7.22. The summed E-state index contributed by atoms with van der Waals surface area (Å²) in [5.41, 5.74) is -0.163. The molecule has 0 atom stereocenters. The largest absolute Gasteiger partial charge is 0.339 e. The third-order valence-electron chi connectivity index (χ3n) is 2.89. The zero-order chi connectivity index (χ0) is 16.3. The zero-order valence-corrected chi connectivity index (χ0v) is 14.3. The van der Waals surface area contributed by atoms with Crippen LogP contribution < -0.4 is 5.32 Å². The average Bonchev–Trinajstić information content (AvgIpc) is 3.04. The summed E-state index contributed by atoms with van der Waals surface area (Å²) in [4.78, 5) is 16.2. The summed E-state index contributed by atoms with van der Waals surface area (Å²) in [5.74, 6) is 1.29. The van der Waals surface area contributed by atoms with Crippen LogP contribution >= 0.6 is 11.3 Å². The van der Waals surface area contributed by atoms with Gasteiger partial charge < -0.3 is 9.84 Å². The second-order valence-electron chi connectivity index (χ2n) is 6.41. The fraction of sp³-hybridized carbons (Fsp3) is 0.643. The molecule has 2 heterocycles. The highest BCUT2D eigenvalue weighted by atomic mass is 32.1. The summed E-state index contributed by atoms with van der Waals surface area (Å²) >= 11 is 1.39. The van der Waals surface area contributed by atoms with Gasteiger partial charge in [-0.15, -0.1) is 10.2 Å². The second kappa shape index (κ2) is 6.51. The van der Waals surface area contributed by atoms with Gasteiger partial charge in [0.05, 0.1) is 0 Å². The fourth-order valence-electron chi connectivity index (χ4n) is 1.58. The number of hydrogen-bond acceptors (Lipinski definition) is 7. The van der Waals surface area contributed by atoms with Crippen LogP contribution in [0.5, 0.6) is 0 Å². The molecule has 0 spiro atoms. The first-order chi connectivity index (χ1) is 10.3. The van der Waals surface area contributed by atoms with Crippen LogP contribution in [0.25, 0.3) is 0 Å². The lowest BCUT2D eigenvalue weighted by atomic mass is 9.96. The van der Waals surface area contributed by atoms with Gasteiger partial charge in [0.25, 0.3) is 0 Å². The highest BCUT2D eigenvalue weighted by Gasteiger charge is 2.21. The van der Waals surface area contributed by atoms with Crippen molar-refractivity contribution in [1.82, 2.24) is 20.3 Å². The summed E-state index contributed by atoms with van der Waals surface area (Å²) in [6, 6.07) is 0. The first-order valence-corrected chi connectivity index (χ1v) is 8.03. The van der Waals surface area contributed by atoms with E-state index in [0.717, 1.165) is 5.01 Å². The van der Waals surface area contributed by atoms with Crippen molar-refractivity contribution < 1.29 is 9.32 Å². The molecule has 7 nitrogen and oxygen atoms in total. The van der Waals surface area contributed by atoms with Crippen LogP contribution in [0.2, 0.25) is 0 Å². The van der Waals surface area contributed by atoms with Gasteiger partial charge in [-0.3, -0.25) is 4.79 Å². The number of carbonyl (C=O) groups is 1. The van der Waals surface area contributed by atoms with E-state index in [2.05, 4.69) is 25.7 Å². The Morgan fingerprint density at radius 3 is 2.59 bits per heavy atom. The number of aryl methyl sites for hydroxylation is 1. The Hall–Kier alpha value is -1.83. The number of amides is 1. The topological polar surface area (TPSA) is 93.8 Å². The molecule has 0 aliphatic rings. The van der Waals surface area contributed by atoms with Gasteiger partial charge in [0, 0.05) is 24.2 Å². The Labute approximate surface area is 133 Å². The molecule has 0 radical (unpaired) electrons. The van der Waals surface area contributed by atoms with Gasteiger partial charge in [-0.05, 0) is 0 Å². The summed E-state index contributed by atoms with van der Waals surface area (Å²) < 4.78 is 5.16. The van der Waals surface area contributed by atoms with Gasteiger partial charge in [0.2, 0.25) is 16.9 Å². The molecule has 1 N–H and O–H groups in total. The molecule has 0 unspecified atom stereocenters. The van der Waals surface area contributed by atoms with Crippen LogP contribution in [0, 0.1) is 0 Å². The fourth-order valence-corrected chi connectivity index (χ4v) is 2.34. The molecule has 0 bridgehead atoms. The molecule has 0 aromatic carbocycles. The summed E-state index contributed by atoms with van der Waals surface area (Å²) in [5, 5.41) is 16.1. The van der Waals surface area contributed by atoms with Crippen molar-refractivity contribution in [2.75, 3.05) is 5.32 Å². The molecule has 0 fully saturated rings. The normalized spacial score (nSPS) is 11.9. The quantitative estimate of drug-likeness (QED) is 0.909. The van der Waals surface area contributed by atoms with Crippen LogP contribution in [-0.4, -0.2) is 26.2 Å². The monoisotopic (exact) mass is 323 g/mol. The number of hydrogen-bond donors (Lipinski definition) is 1. The first kappa shape index (κ1) is 16.5. The van der Waals surface area contributed by atoms with Crippen molar-refractivity contribution in [2.24, 2.45) is 0 Å². The molecule has 0 saturated carbocycles. The standard InChI is InChI=1S/C14H21N5O2S/c1-8(2)11-17-18-13(22-11)15-9(20)6-7-10-16-12(19-21-10)14(3,4)5/h8H,6-7H2,1-5H3,(H,15,18,20). The van der Waals surface area contributed by atoms with Crippen molar-refractivity contribution >= 4 is 22.4 Å². The molecule has 2 aromatic rings. The average molecular weight is 323 g/mol. The van der Waals surface area contributed by atoms with Crippen LogP contribution in [0.3, 0.4) is 0 Å². The molecule has 2 aromatic heterocycles. The second-order valence-corrected chi connectivity index (χ2v) is 7.42. The molecular weight excluding hydrogens is 302 g/mol. The van der Waals surface area contributed by atoms with Crippen molar-refractivity contribution in [3.63, 3.8) is 0 Å². The third kappa shape index (κ3) is 4.33. The van der Waals surface area contributed by atoms with E-state index in [1.54, 1.807) is 0 Å². The Morgan fingerprint density at radius 2 is 2.05 bits per heavy atom. The summed E-state index contributed by atoms with van der Waals surface area (Å²) in [6.45, 7) is 10.1. The molecule has 0 aliphatic heterocycles. The van der Waals surface area contributed by atoms with E-state index in [1.807, 2.05) is 34.6 Å². The number of rotatable bonds is 5. The molecular formula is C14H21N5O2S. The van der Waals surface area contributed by atoms with E-state index in [-0.39, 0.29) is 17.7 Å². The van der Waals surface area contributed by atoms with E-state index in [0.29, 0.717) is 29.2 Å².